The van der Waals surface area contributed by atoms with Gasteiger partial charge in [0, 0.05) is 11.8 Å². The van der Waals surface area contributed by atoms with Gasteiger partial charge in [0.2, 0.25) is 5.95 Å². The van der Waals surface area contributed by atoms with Crippen molar-refractivity contribution in [3.63, 3.8) is 0 Å². The van der Waals surface area contributed by atoms with E-state index < -0.39 is 5.91 Å². The smallest absolute Gasteiger partial charge is 0.267 e. The second-order valence-electron chi connectivity index (χ2n) is 6.88. The van der Waals surface area contributed by atoms with E-state index in [0.29, 0.717) is 23.5 Å². The van der Waals surface area contributed by atoms with E-state index in [0.717, 1.165) is 18.4 Å². The third-order valence-electron chi connectivity index (χ3n) is 5.24. The number of nitriles is 1. The molecule has 3 heterocycles. The maximum Gasteiger partial charge on any atom is 0.267 e. The van der Waals surface area contributed by atoms with E-state index in [1.54, 1.807) is 18.3 Å². The predicted molar refractivity (Wildman–Crippen MR) is 98.4 cm³/mol. The van der Waals surface area contributed by atoms with E-state index in [-0.39, 0.29) is 17.7 Å². The summed E-state index contributed by atoms with van der Waals surface area (Å²) in [4.78, 5) is 15.9. The van der Waals surface area contributed by atoms with E-state index >= 15 is 0 Å². The van der Waals surface area contributed by atoms with Crippen LogP contribution in [0.4, 0.5) is 5.95 Å². The third-order valence-corrected chi connectivity index (χ3v) is 5.24. The van der Waals surface area contributed by atoms with Crippen LogP contribution in [0, 0.1) is 17.2 Å². The van der Waals surface area contributed by atoms with Crippen LogP contribution in [0.5, 0.6) is 0 Å². The quantitative estimate of drug-likeness (QED) is 0.708. The second kappa shape index (κ2) is 6.72. The largest absolute Gasteiger partial charge is 0.367 e. The number of rotatable bonds is 5. The number of aromatic nitrogens is 5. The lowest BCUT2D eigenvalue weighted by atomic mass is 9.96. The zero-order valence-electron chi connectivity index (χ0n) is 14.7. The molecule has 0 aliphatic heterocycles. The molecule has 3 aromatic rings. The van der Waals surface area contributed by atoms with Crippen LogP contribution >= 0.6 is 0 Å². The SMILES string of the molecule is N#CCC(C1CCCC1)n1cc(-c2nc(N)nn3c(C(N)=O)ccc23)cn1. The van der Waals surface area contributed by atoms with Gasteiger partial charge in [0.05, 0.1) is 30.2 Å². The number of nitrogens with zero attached hydrogens (tertiary/aromatic N) is 6. The van der Waals surface area contributed by atoms with Crippen molar-refractivity contribution < 1.29 is 4.79 Å². The van der Waals surface area contributed by atoms with Crippen LogP contribution in [0.1, 0.15) is 48.6 Å². The Morgan fingerprint density at radius 1 is 1.37 bits per heavy atom. The van der Waals surface area contributed by atoms with Gasteiger partial charge in [-0.2, -0.15) is 10.4 Å². The van der Waals surface area contributed by atoms with Crippen LogP contribution in [-0.4, -0.2) is 30.3 Å². The zero-order chi connectivity index (χ0) is 19.0. The number of fused-ring (bicyclic) bond motifs is 1. The number of carbonyl (C=O) groups excluding carboxylic acids is 1. The summed E-state index contributed by atoms with van der Waals surface area (Å²) in [5.41, 5.74) is 13.4. The van der Waals surface area contributed by atoms with Crippen LogP contribution in [-0.2, 0) is 0 Å². The number of carbonyl (C=O) groups is 1. The molecule has 1 aliphatic rings. The Morgan fingerprint density at radius 2 is 2.15 bits per heavy atom. The Bertz CT molecular complexity index is 1040. The Morgan fingerprint density at radius 3 is 2.85 bits per heavy atom. The maximum atomic E-state index is 11.6. The molecule has 9 heteroatoms. The van der Waals surface area contributed by atoms with Crippen LogP contribution in [0.2, 0.25) is 0 Å². The highest BCUT2D eigenvalue weighted by molar-refractivity contribution is 5.93. The summed E-state index contributed by atoms with van der Waals surface area (Å²) in [5, 5.41) is 17.8. The molecular weight excluding hydrogens is 344 g/mol. The lowest BCUT2D eigenvalue weighted by Gasteiger charge is -2.21. The fourth-order valence-corrected chi connectivity index (χ4v) is 3.96. The predicted octanol–water partition coefficient (Wildman–Crippen LogP) is 1.92. The summed E-state index contributed by atoms with van der Waals surface area (Å²) >= 11 is 0. The number of nitrogen functional groups attached to an aromatic ring is 1. The summed E-state index contributed by atoms with van der Waals surface area (Å²) in [6.45, 7) is 0. The average Bonchev–Trinajstić information content (AvgIpc) is 3.38. The van der Waals surface area contributed by atoms with Gasteiger partial charge >= 0.3 is 0 Å². The van der Waals surface area contributed by atoms with E-state index in [9.17, 15) is 10.1 Å². The minimum absolute atomic E-state index is 0.0355. The number of anilines is 1. The number of amides is 1. The van der Waals surface area contributed by atoms with Gasteiger partial charge in [-0.05, 0) is 30.9 Å². The highest BCUT2D eigenvalue weighted by Gasteiger charge is 2.27. The van der Waals surface area contributed by atoms with Gasteiger partial charge in [-0.25, -0.2) is 9.50 Å². The van der Waals surface area contributed by atoms with Crippen molar-refractivity contribution in [2.75, 3.05) is 5.73 Å². The Kier molecular flexibility index (Phi) is 4.24. The van der Waals surface area contributed by atoms with Crippen LogP contribution in [0.3, 0.4) is 0 Å². The van der Waals surface area contributed by atoms with Crippen molar-refractivity contribution in [3.8, 4) is 17.3 Å². The fourth-order valence-electron chi connectivity index (χ4n) is 3.96. The summed E-state index contributed by atoms with van der Waals surface area (Å²) < 4.78 is 3.27. The molecule has 1 amide bonds. The molecule has 138 valence electrons. The van der Waals surface area contributed by atoms with Gasteiger partial charge in [0.25, 0.3) is 5.91 Å². The molecule has 4 rings (SSSR count). The van der Waals surface area contributed by atoms with Crippen molar-refractivity contribution in [2.45, 2.75) is 38.1 Å². The summed E-state index contributed by atoms with van der Waals surface area (Å²) in [6.07, 6.45) is 8.65. The van der Waals surface area contributed by atoms with Gasteiger partial charge in [0.15, 0.2) is 0 Å². The second-order valence-corrected chi connectivity index (χ2v) is 6.88. The number of hydrogen-bond acceptors (Lipinski definition) is 6. The van der Waals surface area contributed by atoms with Crippen molar-refractivity contribution in [3.05, 3.63) is 30.2 Å². The van der Waals surface area contributed by atoms with Gasteiger partial charge < -0.3 is 11.5 Å². The molecule has 0 spiro atoms. The zero-order valence-corrected chi connectivity index (χ0v) is 14.7. The first-order valence-corrected chi connectivity index (χ1v) is 8.95. The molecule has 3 aromatic heterocycles. The molecule has 1 aliphatic carbocycles. The first-order chi connectivity index (χ1) is 13.1. The molecule has 0 aromatic carbocycles. The molecule has 1 unspecified atom stereocenters. The Balaban J connectivity index is 1.77. The number of primary amides is 1. The van der Waals surface area contributed by atoms with E-state index in [4.69, 9.17) is 11.5 Å². The lowest BCUT2D eigenvalue weighted by molar-refractivity contribution is 0.0994. The monoisotopic (exact) mass is 364 g/mol. The third kappa shape index (κ3) is 2.99. The summed E-state index contributed by atoms with van der Waals surface area (Å²) in [7, 11) is 0. The normalized spacial score (nSPS) is 15.8. The molecule has 27 heavy (non-hydrogen) atoms. The molecule has 4 N–H and O–H groups in total. The van der Waals surface area contributed by atoms with Crippen LogP contribution in [0.25, 0.3) is 16.8 Å². The molecule has 0 radical (unpaired) electrons. The highest BCUT2D eigenvalue weighted by atomic mass is 16.1. The summed E-state index contributed by atoms with van der Waals surface area (Å²) in [5.74, 6) is -0.0963. The lowest BCUT2D eigenvalue weighted by Crippen LogP contribution is -2.17. The Hall–Kier alpha value is -3.41. The number of nitrogens with two attached hydrogens (primary N) is 2. The van der Waals surface area contributed by atoms with E-state index in [2.05, 4.69) is 21.3 Å². The highest BCUT2D eigenvalue weighted by Crippen LogP contribution is 2.36. The van der Waals surface area contributed by atoms with Crippen molar-refractivity contribution in [1.82, 2.24) is 24.4 Å². The molecular formula is C18H20N8O. The Labute approximate surface area is 155 Å². The van der Waals surface area contributed by atoms with Gasteiger partial charge in [-0.3, -0.25) is 9.48 Å². The van der Waals surface area contributed by atoms with Crippen LogP contribution in [0.15, 0.2) is 24.5 Å². The molecule has 1 atom stereocenters. The van der Waals surface area contributed by atoms with Crippen molar-refractivity contribution in [2.24, 2.45) is 11.7 Å². The van der Waals surface area contributed by atoms with Crippen LogP contribution < -0.4 is 11.5 Å². The molecule has 0 bridgehead atoms. The first-order valence-electron chi connectivity index (χ1n) is 8.95. The van der Waals surface area contributed by atoms with E-state index in [1.165, 1.54) is 17.4 Å². The first kappa shape index (κ1) is 17.0. The van der Waals surface area contributed by atoms with Crippen molar-refractivity contribution in [1.29, 1.82) is 5.26 Å². The standard InChI is InChI=1S/C18H20N8O/c19-8-7-13(11-3-1-2-4-11)25-10-12(9-22-25)16-14-5-6-15(17(20)27)26(14)24-18(21)23-16/h5-6,9-11,13H,1-4,7H2,(H2,20,27)(H2,21,24). The maximum absolute atomic E-state index is 11.6. The fraction of sp³-hybridized carbons (Fsp3) is 0.389. The van der Waals surface area contributed by atoms with E-state index in [1.807, 2.05) is 10.9 Å². The molecule has 0 saturated heterocycles. The van der Waals surface area contributed by atoms with Gasteiger partial charge in [-0.1, -0.05) is 12.8 Å². The summed E-state index contributed by atoms with van der Waals surface area (Å²) in [6, 6.07) is 5.66. The molecule has 1 fully saturated rings. The minimum Gasteiger partial charge on any atom is -0.367 e. The van der Waals surface area contributed by atoms with Crippen molar-refractivity contribution >= 4 is 17.4 Å². The minimum atomic E-state index is -0.593. The molecule has 1 saturated carbocycles. The average molecular weight is 364 g/mol. The van der Waals surface area contributed by atoms with Gasteiger partial charge in [-0.15, -0.1) is 5.10 Å². The topological polar surface area (TPSA) is 141 Å². The molecule has 9 nitrogen and oxygen atoms in total. The number of hydrogen-bond donors (Lipinski definition) is 2. The van der Waals surface area contributed by atoms with Gasteiger partial charge in [0.1, 0.15) is 11.4 Å².